The maximum Gasteiger partial charge on any atom is 0.399 e. The minimum absolute atomic E-state index is 0.00350. The monoisotopic (exact) mass is 414 g/mol. The highest BCUT2D eigenvalue weighted by atomic mass is 19.1. The summed E-state index contributed by atoms with van der Waals surface area (Å²) >= 11 is 0. The number of carbonyl (C=O) groups is 1. The Hall–Kier alpha value is -3.22. The quantitative estimate of drug-likeness (QED) is 0.569. The molecule has 158 valence electrons. The van der Waals surface area contributed by atoms with Gasteiger partial charge in [-0.1, -0.05) is 32.9 Å². The van der Waals surface area contributed by atoms with Gasteiger partial charge in [0, 0.05) is 5.56 Å². The highest BCUT2D eigenvalue weighted by molar-refractivity contribution is 5.92. The Morgan fingerprint density at radius 2 is 1.73 bits per heavy atom. The van der Waals surface area contributed by atoms with Gasteiger partial charge in [-0.15, -0.1) is 0 Å². The Balaban J connectivity index is 1.66. The Morgan fingerprint density at radius 3 is 2.30 bits per heavy atom. The van der Waals surface area contributed by atoms with Gasteiger partial charge < -0.3 is 14.5 Å². The maximum atomic E-state index is 13.8. The van der Waals surface area contributed by atoms with E-state index in [1.807, 2.05) is 12.1 Å². The third-order valence-electron chi connectivity index (χ3n) is 4.79. The van der Waals surface area contributed by atoms with Crippen LogP contribution in [-0.4, -0.2) is 10.9 Å². The second kappa shape index (κ2) is 8.26. The van der Waals surface area contributed by atoms with Gasteiger partial charge in [-0.2, -0.15) is 4.98 Å². The molecule has 1 amide bonds. The third-order valence-corrected chi connectivity index (χ3v) is 4.79. The van der Waals surface area contributed by atoms with Crippen LogP contribution in [0.3, 0.4) is 0 Å². The number of aromatic nitrogens is 1. The second-order valence-corrected chi connectivity index (χ2v) is 8.18. The van der Waals surface area contributed by atoms with E-state index in [-0.39, 0.29) is 22.7 Å². The molecule has 0 radical (unpaired) electrons. The zero-order chi connectivity index (χ0) is 22.1. The van der Waals surface area contributed by atoms with Gasteiger partial charge >= 0.3 is 6.08 Å². The molecule has 0 aliphatic heterocycles. The summed E-state index contributed by atoms with van der Waals surface area (Å²) in [6.45, 7) is 9.31. The highest BCUT2D eigenvalue weighted by Gasteiger charge is 2.19. The lowest BCUT2D eigenvalue weighted by atomic mass is 9.87. The molecule has 7 heteroatoms. The molecule has 3 rings (SSSR count). The summed E-state index contributed by atoms with van der Waals surface area (Å²) in [4.78, 5) is 16.4. The Bertz CT molecular complexity index is 1030. The van der Waals surface area contributed by atoms with E-state index in [1.165, 1.54) is 19.1 Å². The van der Waals surface area contributed by atoms with E-state index in [0.29, 0.717) is 11.3 Å². The second-order valence-electron chi connectivity index (χ2n) is 8.18. The standard InChI is InChI=1S/C23H24F2N2O3/c1-13-18(24)10-15(11-19(13)25)14(2)26-21(28)20-12-29-22(27-20)30-17-8-6-16(7-9-17)23(3,4)5/h6-12,14H,1-5H3,(H,26,28)/t14-/m1/s1. The molecule has 1 atom stereocenters. The molecule has 0 bridgehead atoms. The number of ether oxygens (including phenoxy) is 1. The lowest BCUT2D eigenvalue weighted by Gasteiger charge is -2.18. The number of carbonyl (C=O) groups excluding carboxylic acids is 1. The van der Waals surface area contributed by atoms with Gasteiger partial charge in [0.05, 0.1) is 6.04 Å². The predicted octanol–water partition coefficient (Wildman–Crippen LogP) is 5.84. The van der Waals surface area contributed by atoms with Crippen molar-refractivity contribution in [1.29, 1.82) is 0 Å². The largest absolute Gasteiger partial charge is 0.416 e. The average molecular weight is 414 g/mol. The van der Waals surface area contributed by atoms with Gasteiger partial charge in [0.1, 0.15) is 23.6 Å². The number of amides is 1. The molecule has 5 nitrogen and oxygen atoms in total. The Kier molecular flexibility index (Phi) is 5.92. The molecule has 1 N–H and O–H groups in total. The van der Waals surface area contributed by atoms with E-state index >= 15 is 0 Å². The number of hydrogen-bond acceptors (Lipinski definition) is 4. The van der Waals surface area contributed by atoms with Gasteiger partial charge in [0.15, 0.2) is 5.69 Å². The van der Waals surface area contributed by atoms with Crippen LogP contribution in [0.2, 0.25) is 0 Å². The number of oxazole rings is 1. The minimum atomic E-state index is -0.666. The normalized spacial score (nSPS) is 12.5. The number of halogens is 2. The van der Waals surface area contributed by atoms with Crippen LogP contribution in [0.4, 0.5) is 8.78 Å². The average Bonchev–Trinajstić information content (AvgIpc) is 3.14. The van der Waals surface area contributed by atoms with E-state index in [2.05, 4.69) is 31.1 Å². The molecular weight excluding hydrogens is 390 g/mol. The number of hydrogen-bond donors (Lipinski definition) is 1. The number of rotatable bonds is 5. The van der Waals surface area contributed by atoms with Crippen molar-refractivity contribution in [2.75, 3.05) is 0 Å². The fourth-order valence-electron chi connectivity index (χ4n) is 2.80. The van der Waals surface area contributed by atoms with Crippen molar-refractivity contribution in [3.05, 3.63) is 76.7 Å². The first-order valence-corrected chi connectivity index (χ1v) is 9.55. The molecule has 0 saturated heterocycles. The topological polar surface area (TPSA) is 64.4 Å². The fraction of sp³-hybridized carbons (Fsp3) is 0.304. The molecule has 0 fully saturated rings. The van der Waals surface area contributed by atoms with Crippen LogP contribution < -0.4 is 10.1 Å². The maximum absolute atomic E-state index is 13.8. The number of benzene rings is 2. The van der Waals surface area contributed by atoms with Crippen molar-refractivity contribution in [1.82, 2.24) is 10.3 Å². The van der Waals surface area contributed by atoms with Crippen LogP contribution in [0, 0.1) is 18.6 Å². The number of nitrogens with one attached hydrogen (secondary N) is 1. The first-order valence-electron chi connectivity index (χ1n) is 9.55. The van der Waals surface area contributed by atoms with E-state index in [1.54, 1.807) is 19.1 Å². The first kappa shape index (κ1) is 21.5. The molecule has 1 heterocycles. The van der Waals surface area contributed by atoms with Gasteiger partial charge in [0.25, 0.3) is 5.91 Å². The summed E-state index contributed by atoms with van der Waals surface area (Å²) in [5, 5.41) is 2.64. The molecule has 1 aromatic heterocycles. The molecule has 0 saturated carbocycles. The van der Waals surface area contributed by atoms with Gasteiger partial charge in [-0.05, 0) is 54.7 Å². The van der Waals surface area contributed by atoms with Crippen molar-refractivity contribution in [3.63, 3.8) is 0 Å². The molecule has 0 unspecified atom stereocenters. The summed E-state index contributed by atoms with van der Waals surface area (Å²) in [7, 11) is 0. The van der Waals surface area contributed by atoms with E-state index in [9.17, 15) is 13.6 Å². The molecular formula is C23H24F2N2O3. The number of nitrogens with zero attached hydrogens (tertiary/aromatic N) is 1. The van der Waals surface area contributed by atoms with Crippen LogP contribution in [0.1, 0.15) is 60.9 Å². The molecule has 3 aromatic rings. The fourth-order valence-corrected chi connectivity index (χ4v) is 2.80. The highest BCUT2D eigenvalue weighted by Crippen LogP contribution is 2.27. The van der Waals surface area contributed by atoms with Crippen LogP contribution in [-0.2, 0) is 5.41 Å². The summed E-state index contributed by atoms with van der Waals surface area (Å²) in [6.07, 6.45) is 1.08. The summed E-state index contributed by atoms with van der Waals surface area (Å²) < 4.78 is 38.3. The molecule has 2 aromatic carbocycles. The SMILES string of the molecule is Cc1c(F)cc([C@@H](C)NC(=O)c2coc(Oc3ccc(C(C)(C)C)cc3)n2)cc1F. The van der Waals surface area contributed by atoms with Crippen molar-refractivity contribution >= 4 is 5.91 Å². The molecule has 0 aliphatic carbocycles. The third kappa shape index (κ3) is 4.84. The van der Waals surface area contributed by atoms with Gasteiger partial charge in [-0.25, -0.2) is 8.78 Å². The summed E-state index contributed by atoms with van der Waals surface area (Å²) in [5.74, 6) is -1.36. The van der Waals surface area contributed by atoms with Crippen LogP contribution in [0.15, 0.2) is 47.1 Å². The molecule has 0 aliphatic rings. The minimum Gasteiger partial charge on any atom is -0.416 e. The lowest BCUT2D eigenvalue weighted by molar-refractivity contribution is 0.0934. The van der Waals surface area contributed by atoms with Crippen molar-refractivity contribution in [2.45, 2.75) is 46.1 Å². The van der Waals surface area contributed by atoms with E-state index in [4.69, 9.17) is 9.15 Å². The summed E-state index contributed by atoms with van der Waals surface area (Å²) in [6, 6.07) is 9.26. The summed E-state index contributed by atoms with van der Waals surface area (Å²) in [5.41, 5.74) is 1.41. The first-order chi connectivity index (χ1) is 14.0. The smallest absolute Gasteiger partial charge is 0.399 e. The van der Waals surface area contributed by atoms with E-state index < -0.39 is 23.6 Å². The van der Waals surface area contributed by atoms with Gasteiger partial charge in [-0.3, -0.25) is 4.79 Å². The molecule has 30 heavy (non-hydrogen) atoms. The van der Waals surface area contributed by atoms with Crippen molar-refractivity contribution < 1.29 is 22.7 Å². The Labute approximate surface area is 174 Å². The Morgan fingerprint density at radius 1 is 1.13 bits per heavy atom. The van der Waals surface area contributed by atoms with Crippen LogP contribution in [0.25, 0.3) is 0 Å². The molecule has 0 spiro atoms. The predicted molar refractivity (Wildman–Crippen MR) is 109 cm³/mol. The van der Waals surface area contributed by atoms with Crippen LogP contribution >= 0.6 is 0 Å². The van der Waals surface area contributed by atoms with Gasteiger partial charge in [0.2, 0.25) is 0 Å². The van der Waals surface area contributed by atoms with Crippen molar-refractivity contribution in [2.24, 2.45) is 0 Å². The van der Waals surface area contributed by atoms with Crippen molar-refractivity contribution in [3.8, 4) is 11.8 Å². The lowest BCUT2D eigenvalue weighted by Crippen LogP contribution is -2.27. The zero-order valence-corrected chi connectivity index (χ0v) is 17.5. The zero-order valence-electron chi connectivity index (χ0n) is 17.5. The van der Waals surface area contributed by atoms with E-state index in [0.717, 1.165) is 11.8 Å². The van der Waals surface area contributed by atoms with Crippen LogP contribution in [0.5, 0.6) is 11.8 Å².